The van der Waals surface area contributed by atoms with Crippen molar-refractivity contribution in [1.82, 2.24) is 15.0 Å². The number of aromatic nitrogens is 3. The average molecular weight is 491 g/mol. The summed E-state index contributed by atoms with van der Waals surface area (Å²) in [5.41, 5.74) is 7.64. The van der Waals surface area contributed by atoms with Crippen LogP contribution >= 0.6 is 0 Å². The second-order valence-electron chi connectivity index (χ2n) is 8.73. The standard InChI is InChI=1S/C25H26N6O3S/c26-17-9-11-18(12-10-17)30-25-22-21(14-27-24(22)28-15-29-25)23(32)16-5-4-6-19(13-16)31-35(33,34)20-7-2-1-3-8-20/h1-8,13-15,17-18,31H,9-12,26H2,(H2,27,28,29,30). The molecule has 10 heteroatoms. The fourth-order valence-electron chi connectivity index (χ4n) is 4.40. The van der Waals surface area contributed by atoms with E-state index in [1.54, 1.807) is 42.6 Å². The van der Waals surface area contributed by atoms with Crippen LogP contribution in [0.25, 0.3) is 11.0 Å². The predicted octanol–water partition coefficient (Wildman–Crippen LogP) is 3.67. The van der Waals surface area contributed by atoms with Crippen molar-refractivity contribution in [3.8, 4) is 0 Å². The van der Waals surface area contributed by atoms with Gasteiger partial charge in [-0.15, -0.1) is 0 Å². The summed E-state index contributed by atoms with van der Waals surface area (Å²) in [6.07, 6.45) is 6.83. The summed E-state index contributed by atoms with van der Waals surface area (Å²) in [4.78, 5) is 25.4. The Morgan fingerprint density at radius 2 is 1.77 bits per heavy atom. The second-order valence-corrected chi connectivity index (χ2v) is 10.4. The van der Waals surface area contributed by atoms with Crippen molar-refractivity contribution in [3.63, 3.8) is 0 Å². The largest absolute Gasteiger partial charge is 0.367 e. The number of sulfonamides is 1. The molecule has 0 radical (unpaired) electrons. The molecule has 2 heterocycles. The number of aromatic amines is 1. The number of benzene rings is 2. The van der Waals surface area contributed by atoms with Gasteiger partial charge in [-0.25, -0.2) is 18.4 Å². The lowest BCUT2D eigenvalue weighted by Gasteiger charge is -2.27. The maximum atomic E-state index is 13.5. The average Bonchev–Trinajstić information content (AvgIpc) is 3.31. The third-order valence-electron chi connectivity index (χ3n) is 6.26. The van der Waals surface area contributed by atoms with Crippen molar-refractivity contribution < 1.29 is 13.2 Å². The zero-order chi connectivity index (χ0) is 24.4. The number of carbonyl (C=O) groups is 1. The molecule has 0 atom stereocenters. The third kappa shape index (κ3) is 4.89. The van der Waals surface area contributed by atoms with Gasteiger partial charge in [0.25, 0.3) is 10.0 Å². The first-order valence-electron chi connectivity index (χ1n) is 11.5. The molecule has 0 spiro atoms. The fourth-order valence-corrected chi connectivity index (χ4v) is 5.47. The van der Waals surface area contributed by atoms with E-state index in [1.165, 1.54) is 24.5 Å². The van der Waals surface area contributed by atoms with E-state index in [0.717, 1.165) is 25.7 Å². The molecule has 0 amide bonds. The summed E-state index contributed by atoms with van der Waals surface area (Å²) in [6, 6.07) is 15.0. The smallest absolute Gasteiger partial charge is 0.261 e. The van der Waals surface area contributed by atoms with Gasteiger partial charge in [0.05, 0.1) is 15.8 Å². The summed E-state index contributed by atoms with van der Waals surface area (Å²) < 4.78 is 28.0. The van der Waals surface area contributed by atoms with Gasteiger partial charge in [-0.3, -0.25) is 9.52 Å². The topological polar surface area (TPSA) is 143 Å². The number of nitrogens with one attached hydrogen (secondary N) is 3. The van der Waals surface area contributed by atoms with E-state index in [4.69, 9.17) is 5.73 Å². The number of anilines is 2. The minimum Gasteiger partial charge on any atom is -0.367 e. The van der Waals surface area contributed by atoms with E-state index in [9.17, 15) is 13.2 Å². The van der Waals surface area contributed by atoms with Gasteiger partial charge in [-0.2, -0.15) is 0 Å². The van der Waals surface area contributed by atoms with E-state index in [-0.39, 0.29) is 22.8 Å². The van der Waals surface area contributed by atoms with E-state index in [2.05, 4.69) is 25.0 Å². The monoisotopic (exact) mass is 490 g/mol. The number of hydrogen-bond acceptors (Lipinski definition) is 7. The summed E-state index contributed by atoms with van der Waals surface area (Å²) >= 11 is 0. The van der Waals surface area contributed by atoms with Crippen LogP contribution in [-0.4, -0.2) is 41.2 Å². The highest BCUT2D eigenvalue weighted by Gasteiger charge is 2.23. The lowest BCUT2D eigenvalue weighted by molar-refractivity contribution is 0.104. The fraction of sp³-hybridized carbons (Fsp3) is 0.240. The molecule has 5 N–H and O–H groups in total. The van der Waals surface area contributed by atoms with Crippen molar-refractivity contribution in [2.24, 2.45) is 5.73 Å². The third-order valence-corrected chi connectivity index (χ3v) is 7.65. The molecule has 0 unspecified atom stereocenters. The molecule has 1 aliphatic carbocycles. The molecule has 35 heavy (non-hydrogen) atoms. The highest BCUT2D eigenvalue weighted by atomic mass is 32.2. The molecule has 1 aliphatic rings. The summed E-state index contributed by atoms with van der Waals surface area (Å²) in [5, 5.41) is 4.08. The lowest BCUT2D eigenvalue weighted by Crippen LogP contribution is -2.33. The quantitative estimate of drug-likeness (QED) is 0.289. The van der Waals surface area contributed by atoms with E-state index < -0.39 is 10.0 Å². The van der Waals surface area contributed by atoms with Crippen LogP contribution in [0.4, 0.5) is 11.5 Å². The molecule has 4 aromatic rings. The van der Waals surface area contributed by atoms with Crippen molar-refractivity contribution in [2.45, 2.75) is 42.7 Å². The first-order valence-corrected chi connectivity index (χ1v) is 13.0. The van der Waals surface area contributed by atoms with Gasteiger partial charge in [-0.05, 0) is 49.9 Å². The van der Waals surface area contributed by atoms with Gasteiger partial charge in [0.15, 0.2) is 5.78 Å². The summed E-state index contributed by atoms with van der Waals surface area (Å²) in [6.45, 7) is 0. The highest BCUT2D eigenvalue weighted by molar-refractivity contribution is 7.92. The molecule has 0 saturated heterocycles. The molecule has 0 aliphatic heterocycles. The lowest BCUT2D eigenvalue weighted by atomic mass is 9.92. The van der Waals surface area contributed by atoms with Gasteiger partial charge >= 0.3 is 0 Å². The van der Waals surface area contributed by atoms with Crippen LogP contribution in [0.1, 0.15) is 41.6 Å². The molecule has 2 aromatic heterocycles. The zero-order valence-electron chi connectivity index (χ0n) is 18.9. The van der Waals surface area contributed by atoms with Crippen molar-refractivity contribution in [2.75, 3.05) is 10.0 Å². The van der Waals surface area contributed by atoms with E-state index in [1.807, 2.05) is 0 Å². The zero-order valence-corrected chi connectivity index (χ0v) is 19.8. The molecule has 9 nitrogen and oxygen atoms in total. The Hall–Kier alpha value is -3.76. The first kappa shape index (κ1) is 23.0. The number of ketones is 1. The Bertz CT molecular complexity index is 1460. The number of rotatable bonds is 7. The predicted molar refractivity (Wildman–Crippen MR) is 135 cm³/mol. The first-order chi connectivity index (χ1) is 16.9. The molecule has 2 aromatic carbocycles. The van der Waals surface area contributed by atoms with E-state index in [0.29, 0.717) is 33.7 Å². The SMILES string of the molecule is NC1CCC(Nc2ncnc3[nH]cc(C(=O)c4cccc(NS(=O)(=O)c5ccccc5)c4)c23)CC1. The van der Waals surface area contributed by atoms with Crippen molar-refractivity contribution in [1.29, 1.82) is 0 Å². The van der Waals surface area contributed by atoms with Crippen LogP contribution in [0.15, 0.2) is 72.0 Å². The van der Waals surface area contributed by atoms with Crippen LogP contribution in [0.2, 0.25) is 0 Å². The van der Waals surface area contributed by atoms with Crippen LogP contribution in [0.3, 0.4) is 0 Å². The van der Waals surface area contributed by atoms with Crippen LogP contribution in [0.5, 0.6) is 0 Å². The second kappa shape index (κ2) is 9.47. The van der Waals surface area contributed by atoms with Gasteiger partial charge in [0.2, 0.25) is 0 Å². The Labute approximate surface area is 203 Å². The number of hydrogen-bond donors (Lipinski definition) is 4. The molecule has 1 fully saturated rings. The van der Waals surface area contributed by atoms with E-state index >= 15 is 0 Å². The minimum atomic E-state index is -3.78. The Morgan fingerprint density at radius 1 is 1.00 bits per heavy atom. The number of carbonyl (C=O) groups excluding carboxylic acids is 1. The normalized spacial score (nSPS) is 18.3. The maximum Gasteiger partial charge on any atom is 0.261 e. The summed E-state index contributed by atoms with van der Waals surface area (Å²) in [7, 11) is -3.78. The number of nitrogens with two attached hydrogens (primary N) is 1. The molecule has 0 bridgehead atoms. The van der Waals surface area contributed by atoms with Gasteiger partial charge in [-0.1, -0.05) is 30.3 Å². The maximum absolute atomic E-state index is 13.5. The summed E-state index contributed by atoms with van der Waals surface area (Å²) in [5.74, 6) is 0.335. The Balaban J connectivity index is 1.43. The van der Waals surface area contributed by atoms with Crippen molar-refractivity contribution >= 4 is 38.3 Å². The number of nitrogens with zero attached hydrogens (tertiary/aromatic N) is 2. The minimum absolute atomic E-state index is 0.143. The molecule has 5 rings (SSSR count). The van der Waals surface area contributed by atoms with Gasteiger partial charge in [0, 0.05) is 29.5 Å². The van der Waals surface area contributed by atoms with Crippen LogP contribution in [-0.2, 0) is 10.0 Å². The Morgan fingerprint density at radius 3 is 2.54 bits per heavy atom. The number of H-pyrrole nitrogens is 1. The van der Waals surface area contributed by atoms with Crippen LogP contribution < -0.4 is 15.8 Å². The molecule has 180 valence electrons. The van der Waals surface area contributed by atoms with Gasteiger partial charge < -0.3 is 16.0 Å². The van der Waals surface area contributed by atoms with Crippen LogP contribution in [0, 0.1) is 0 Å². The Kier molecular flexibility index (Phi) is 6.23. The molecular formula is C25H26N6O3S. The van der Waals surface area contributed by atoms with Crippen molar-refractivity contribution in [3.05, 3.63) is 78.2 Å². The highest BCUT2D eigenvalue weighted by Crippen LogP contribution is 2.29. The molecule has 1 saturated carbocycles. The van der Waals surface area contributed by atoms with Gasteiger partial charge in [0.1, 0.15) is 17.8 Å². The molecular weight excluding hydrogens is 464 g/mol. The number of fused-ring (bicyclic) bond motifs is 1.